The largest absolute Gasteiger partial charge is 0.381 e. The van der Waals surface area contributed by atoms with Gasteiger partial charge in [-0.1, -0.05) is 6.07 Å². The highest BCUT2D eigenvalue weighted by molar-refractivity contribution is 5.86. The summed E-state index contributed by atoms with van der Waals surface area (Å²) in [6, 6.07) is 8.05. The number of ketones is 1. The quantitative estimate of drug-likeness (QED) is 0.694. The Balaban J connectivity index is 1.52. The number of rotatable bonds is 5. The molecule has 4 rings (SSSR count). The lowest BCUT2D eigenvalue weighted by atomic mass is 9.83. The van der Waals surface area contributed by atoms with Crippen LogP contribution in [0.5, 0.6) is 0 Å². The minimum atomic E-state index is 0.120. The van der Waals surface area contributed by atoms with Crippen LogP contribution < -0.4 is 0 Å². The molecule has 0 spiro atoms. The normalized spacial score (nSPS) is 20.1. The van der Waals surface area contributed by atoms with Gasteiger partial charge in [-0.15, -0.1) is 0 Å². The van der Waals surface area contributed by atoms with Crippen LogP contribution in [0.4, 0.5) is 0 Å². The van der Waals surface area contributed by atoms with E-state index in [9.17, 15) is 4.79 Å². The SMILES string of the molecule is COC1CCC(C(=O)Cc2cc3cc(-c4cncn4C)ccc3nn2)CC1. The topological polar surface area (TPSA) is 69.9 Å². The van der Waals surface area contributed by atoms with Crippen LogP contribution in [0.25, 0.3) is 22.2 Å². The van der Waals surface area contributed by atoms with Crippen molar-refractivity contribution in [1.29, 1.82) is 0 Å². The first-order valence-electron chi connectivity index (χ1n) is 9.42. The van der Waals surface area contributed by atoms with E-state index in [1.54, 1.807) is 13.4 Å². The Morgan fingerprint density at radius 1 is 1.19 bits per heavy atom. The van der Waals surface area contributed by atoms with Gasteiger partial charge in [-0.3, -0.25) is 4.79 Å². The average Bonchev–Trinajstić information content (AvgIpc) is 3.13. The number of aromatic nitrogens is 4. The van der Waals surface area contributed by atoms with Crippen molar-refractivity contribution in [3.05, 3.63) is 42.5 Å². The van der Waals surface area contributed by atoms with Gasteiger partial charge in [0.05, 0.1) is 42.0 Å². The fourth-order valence-corrected chi connectivity index (χ4v) is 3.91. The fourth-order valence-electron chi connectivity index (χ4n) is 3.91. The number of carbonyl (C=O) groups is 1. The summed E-state index contributed by atoms with van der Waals surface area (Å²) < 4.78 is 7.38. The second kappa shape index (κ2) is 7.56. The van der Waals surface area contributed by atoms with Gasteiger partial charge in [0.1, 0.15) is 5.78 Å². The Labute approximate surface area is 158 Å². The zero-order valence-electron chi connectivity index (χ0n) is 15.8. The van der Waals surface area contributed by atoms with E-state index in [-0.39, 0.29) is 11.7 Å². The lowest BCUT2D eigenvalue weighted by molar-refractivity contribution is -0.124. The van der Waals surface area contributed by atoms with Crippen molar-refractivity contribution in [2.24, 2.45) is 13.0 Å². The number of ether oxygens (including phenoxy) is 1. The van der Waals surface area contributed by atoms with E-state index in [0.717, 1.165) is 53.5 Å². The Kier molecular flexibility index (Phi) is 4.99. The van der Waals surface area contributed by atoms with Crippen molar-refractivity contribution in [2.75, 3.05) is 7.11 Å². The molecule has 0 N–H and O–H groups in total. The highest BCUT2D eigenvalue weighted by atomic mass is 16.5. The van der Waals surface area contributed by atoms with Crippen molar-refractivity contribution in [3.63, 3.8) is 0 Å². The third kappa shape index (κ3) is 3.76. The maximum Gasteiger partial charge on any atom is 0.141 e. The van der Waals surface area contributed by atoms with E-state index < -0.39 is 0 Å². The lowest BCUT2D eigenvalue weighted by Crippen LogP contribution is -2.26. The van der Waals surface area contributed by atoms with Crippen LogP contribution >= 0.6 is 0 Å². The van der Waals surface area contributed by atoms with Gasteiger partial charge in [-0.25, -0.2) is 4.98 Å². The van der Waals surface area contributed by atoms with Gasteiger partial charge < -0.3 is 9.30 Å². The molecule has 3 aromatic rings. The molecule has 6 heteroatoms. The summed E-state index contributed by atoms with van der Waals surface area (Å²) in [6.07, 6.45) is 8.02. The van der Waals surface area contributed by atoms with E-state index in [2.05, 4.69) is 21.2 Å². The molecule has 140 valence electrons. The molecule has 0 unspecified atom stereocenters. The van der Waals surface area contributed by atoms with Crippen LogP contribution in [0.1, 0.15) is 31.4 Å². The standard InChI is InChI=1S/C21H24N4O2/c1-25-13-22-12-20(25)15-5-8-19-16(9-15)10-17(23-24-19)11-21(26)14-3-6-18(27-2)7-4-14/h5,8-10,12-14,18H,3-4,6-7,11H2,1-2H3. The third-order valence-corrected chi connectivity index (χ3v) is 5.57. The van der Waals surface area contributed by atoms with Gasteiger partial charge in [-0.05, 0) is 43.9 Å². The predicted molar refractivity (Wildman–Crippen MR) is 103 cm³/mol. The number of hydrogen-bond donors (Lipinski definition) is 0. The first kappa shape index (κ1) is 17.8. The fraction of sp³-hybridized carbons (Fsp3) is 0.429. The third-order valence-electron chi connectivity index (χ3n) is 5.57. The molecule has 0 saturated heterocycles. The molecule has 0 amide bonds. The number of fused-ring (bicyclic) bond motifs is 1. The number of nitrogens with zero attached hydrogens (tertiary/aromatic N) is 4. The molecule has 1 saturated carbocycles. The molecule has 0 radical (unpaired) electrons. The van der Waals surface area contributed by atoms with Gasteiger partial charge in [0.2, 0.25) is 0 Å². The molecule has 0 aliphatic heterocycles. The summed E-state index contributed by atoms with van der Waals surface area (Å²) in [5.41, 5.74) is 3.69. The summed E-state index contributed by atoms with van der Waals surface area (Å²) in [4.78, 5) is 16.9. The Morgan fingerprint density at radius 3 is 2.70 bits per heavy atom. The molecule has 2 heterocycles. The van der Waals surface area contributed by atoms with Crippen molar-refractivity contribution >= 4 is 16.7 Å². The smallest absolute Gasteiger partial charge is 0.141 e. The van der Waals surface area contributed by atoms with Crippen molar-refractivity contribution in [2.45, 2.75) is 38.2 Å². The molecule has 6 nitrogen and oxygen atoms in total. The first-order chi connectivity index (χ1) is 13.1. The summed E-state index contributed by atoms with van der Waals surface area (Å²) >= 11 is 0. The molecule has 2 aromatic heterocycles. The van der Waals surface area contributed by atoms with E-state index in [1.807, 2.05) is 36.0 Å². The monoisotopic (exact) mass is 364 g/mol. The number of benzene rings is 1. The van der Waals surface area contributed by atoms with Crippen molar-refractivity contribution < 1.29 is 9.53 Å². The zero-order valence-corrected chi connectivity index (χ0v) is 15.8. The average molecular weight is 364 g/mol. The number of Topliss-reactive ketones (excluding diaryl/α,β-unsaturated/α-hetero) is 1. The highest BCUT2D eigenvalue weighted by Crippen LogP contribution is 2.28. The Morgan fingerprint density at radius 2 is 2.00 bits per heavy atom. The summed E-state index contributed by atoms with van der Waals surface area (Å²) in [7, 11) is 3.72. The number of carbonyl (C=O) groups excluding carboxylic acids is 1. The number of aryl methyl sites for hydroxylation is 1. The van der Waals surface area contributed by atoms with Gasteiger partial charge in [-0.2, -0.15) is 10.2 Å². The molecular formula is C21H24N4O2. The van der Waals surface area contributed by atoms with Gasteiger partial charge in [0.25, 0.3) is 0 Å². The zero-order chi connectivity index (χ0) is 18.8. The molecule has 0 atom stereocenters. The number of imidazole rings is 1. The van der Waals surface area contributed by atoms with Gasteiger partial charge >= 0.3 is 0 Å². The van der Waals surface area contributed by atoms with E-state index in [1.165, 1.54) is 0 Å². The first-order valence-corrected chi connectivity index (χ1v) is 9.42. The molecule has 1 aromatic carbocycles. The predicted octanol–water partition coefficient (Wildman–Crippen LogP) is 3.35. The molecule has 1 fully saturated rings. The van der Waals surface area contributed by atoms with E-state index in [0.29, 0.717) is 12.5 Å². The minimum Gasteiger partial charge on any atom is -0.381 e. The molecule has 1 aliphatic carbocycles. The molecular weight excluding hydrogens is 340 g/mol. The Bertz CT molecular complexity index is 958. The number of methoxy groups -OCH3 is 1. The molecule has 0 bridgehead atoms. The van der Waals surface area contributed by atoms with Crippen LogP contribution in [0, 0.1) is 5.92 Å². The van der Waals surface area contributed by atoms with Gasteiger partial charge in [0, 0.05) is 31.0 Å². The second-order valence-corrected chi connectivity index (χ2v) is 7.35. The second-order valence-electron chi connectivity index (χ2n) is 7.35. The Hall–Kier alpha value is -2.60. The van der Waals surface area contributed by atoms with Crippen LogP contribution in [-0.4, -0.2) is 38.7 Å². The minimum absolute atomic E-state index is 0.120. The molecule has 27 heavy (non-hydrogen) atoms. The van der Waals surface area contributed by atoms with Crippen LogP contribution in [-0.2, 0) is 23.0 Å². The summed E-state index contributed by atoms with van der Waals surface area (Å²) in [6.45, 7) is 0. The van der Waals surface area contributed by atoms with Crippen LogP contribution in [0.3, 0.4) is 0 Å². The summed E-state index contributed by atoms with van der Waals surface area (Å²) in [5, 5.41) is 9.57. The lowest BCUT2D eigenvalue weighted by Gasteiger charge is -2.26. The van der Waals surface area contributed by atoms with Crippen LogP contribution in [0.2, 0.25) is 0 Å². The van der Waals surface area contributed by atoms with Gasteiger partial charge in [0.15, 0.2) is 0 Å². The highest BCUT2D eigenvalue weighted by Gasteiger charge is 2.26. The van der Waals surface area contributed by atoms with E-state index >= 15 is 0 Å². The van der Waals surface area contributed by atoms with Crippen molar-refractivity contribution in [3.8, 4) is 11.3 Å². The number of hydrogen-bond acceptors (Lipinski definition) is 5. The van der Waals surface area contributed by atoms with Crippen LogP contribution in [0.15, 0.2) is 36.8 Å². The maximum atomic E-state index is 12.7. The van der Waals surface area contributed by atoms with E-state index in [4.69, 9.17) is 4.74 Å². The summed E-state index contributed by atoms with van der Waals surface area (Å²) in [5.74, 6) is 0.385. The van der Waals surface area contributed by atoms with Crippen molar-refractivity contribution in [1.82, 2.24) is 19.7 Å². The maximum absolute atomic E-state index is 12.7. The molecule has 1 aliphatic rings.